The number of carboxylic acids is 1. The van der Waals surface area contributed by atoms with Crippen molar-refractivity contribution in [3.05, 3.63) is 28.8 Å². The minimum absolute atomic E-state index is 0.0694. The molecule has 6 heteroatoms. The molecule has 102 valence electrons. The maximum Gasteiger partial charge on any atom is 0.337 e. The molecule has 1 aliphatic rings. The van der Waals surface area contributed by atoms with E-state index in [1.54, 1.807) is 12.1 Å². The number of rotatable bonds is 3. The summed E-state index contributed by atoms with van der Waals surface area (Å²) in [5, 5.41) is 12.4. The van der Waals surface area contributed by atoms with Gasteiger partial charge in [-0.1, -0.05) is 18.5 Å². The number of aromatic carboxylic acids is 1. The maximum atomic E-state index is 11.8. The van der Waals surface area contributed by atoms with Crippen molar-refractivity contribution in [2.45, 2.75) is 19.4 Å². The van der Waals surface area contributed by atoms with Crippen LogP contribution >= 0.6 is 11.6 Å². The molecule has 1 atom stereocenters. The van der Waals surface area contributed by atoms with Gasteiger partial charge in [-0.25, -0.2) is 4.79 Å². The van der Waals surface area contributed by atoms with Crippen molar-refractivity contribution in [3.8, 4) is 0 Å². The summed E-state index contributed by atoms with van der Waals surface area (Å²) in [6, 6.07) is 4.38. The average Bonchev–Trinajstić information content (AvgIpc) is 2.38. The van der Waals surface area contributed by atoms with Crippen LogP contribution in [0.1, 0.15) is 23.7 Å². The van der Waals surface area contributed by atoms with Gasteiger partial charge in [0.05, 0.1) is 11.3 Å². The van der Waals surface area contributed by atoms with Crippen LogP contribution in [0.5, 0.6) is 0 Å². The SMILES string of the molecule is CCC1C(=O)NCCN1c1ccc(Cl)cc1C(=O)O. The van der Waals surface area contributed by atoms with E-state index in [9.17, 15) is 14.7 Å². The van der Waals surface area contributed by atoms with Crippen molar-refractivity contribution in [2.75, 3.05) is 18.0 Å². The zero-order valence-corrected chi connectivity index (χ0v) is 11.3. The largest absolute Gasteiger partial charge is 0.478 e. The average molecular weight is 283 g/mol. The number of halogens is 1. The second kappa shape index (κ2) is 5.48. The van der Waals surface area contributed by atoms with Gasteiger partial charge in [0.15, 0.2) is 0 Å². The second-order valence-corrected chi connectivity index (χ2v) is 4.81. The molecule has 1 aliphatic heterocycles. The van der Waals surface area contributed by atoms with Crippen LogP contribution in [0.15, 0.2) is 18.2 Å². The summed E-state index contributed by atoms with van der Waals surface area (Å²) in [6.45, 7) is 3.00. The van der Waals surface area contributed by atoms with E-state index in [4.69, 9.17) is 11.6 Å². The van der Waals surface area contributed by atoms with Crippen LogP contribution in [0.3, 0.4) is 0 Å². The Bertz CT molecular complexity index is 519. The van der Waals surface area contributed by atoms with Gasteiger partial charge >= 0.3 is 5.97 Å². The molecule has 1 fully saturated rings. The summed E-state index contributed by atoms with van der Waals surface area (Å²) in [6.07, 6.45) is 0.619. The molecule has 1 heterocycles. The lowest BCUT2D eigenvalue weighted by Gasteiger charge is -2.37. The highest BCUT2D eigenvalue weighted by atomic mass is 35.5. The Balaban J connectivity index is 2.45. The van der Waals surface area contributed by atoms with Crippen molar-refractivity contribution in [2.24, 2.45) is 0 Å². The molecule has 0 aliphatic carbocycles. The first-order chi connectivity index (χ1) is 9.04. The number of hydrogen-bond acceptors (Lipinski definition) is 3. The number of amides is 1. The first kappa shape index (κ1) is 13.7. The first-order valence-corrected chi connectivity index (χ1v) is 6.49. The number of nitrogens with zero attached hydrogens (tertiary/aromatic N) is 1. The highest BCUT2D eigenvalue weighted by molar-refractivity contribution is 6.31. The first-order valence-electron chi connectivity index (χ1n) is 6.11. The normalized spacial score (nSPS) is 19.2. The van der Waals surface area contributed by atoms with E-state index >= 15 is 0 Å². The lowest BCUT2D eigenvalue weighted by Crippen LogP contribution is -2.55. The summed E-state index contributed by atoms with van der Waals surface area (Å²) in [7, 11) is 0. The van der Waals surface area contributed by atoms with Crippen LogP contribution in [0.2, 0.25) is 5.02 Å². The van der Waals surface area contributed by atoms with Crippen molar-refractivity contribution in [3.63, 3.8) is 0 Å². The second-order valence-electron chi connectivity index (χ2n) is 4.38. The molecular weight excluding hydrogens is 268 g/mol. The molecule has 0 aromatic heterocycles. The Morgan fingerprint density at radius 3 is 2.95 bits per heavy atom. The van der Waals surface area contributed by atoms with E-state index in [1.165, 1.54) is 6.07 Å². The highest BCUT2D eigenvalue weighted by Crippen LogP contribution is 2.27. The molecule has 19 heavy (non-hydrogen) atoms. The van der Waals surface area contributed by atoms with E-state index in [1.807, 2.05) is 11.8 Å². The predicted molar refractivity (Wildman–Crippen MR) is 72.8 cm³/mol. The molecule has 5 nitrogen and oxygen atoms in total. The summed E-state index contributed by atoms with van der Waals surface area (Å²) in [5.41, 5.74) is 0.666. The van der Waals surface area contributed by atoms with Gasteiger partial charge in [0, 0.05) is 18.1 Å². The Morgan fingerprint density at radius 1 is 1.58 bits per heavy atom. The van der Waals surface area contributed by atoms with Gasteiger partial charge < -0.3 is 15.3 Å². The van der Waals surface area contributed by atoms with Gasteiger partial charge in [-0.05, 0) is 24.6 Å². The molecule has 1 aromatic carbocycles. The molecule has 2 N–H and O–H groups in total. The fraction of sp³-hybridized carbons (Fsp3) is 0.385. The summed E-state index contributed by atoms with van der Waals surface area (Å²) >= 11 is 5.84. The van der Waals surface area contributed by atoms with Crippen molar-refractivity contribution in [1.29, 1.82) is 0 Å². The van der Waals surface area contributed by atoms with Crippen LogP contribution in [0.4, 0.5) is 5.69 Å². The summed E-state index contributed by atoms with van der Waals surface area (Å²) in [4.78, 5) is 25.0. The van der Waals surface area contributed by atoms with Crippen LogP contribution in [0, 0.1) is 0 Å². The fourth-order valence-electron chi connectivity index (χ4n) is 2.34. The summed E-state index contributed by atoms with van der Waals surface area (Å²) < 4.78 is 0. The standard InChI is InChI=1S/C13H15ClN2O3/c1-2-10-12(17)15-5-6-16(10)11-4-3-8(14)7-9(11)13(18)19/h3-4,7,10H,2,5-6H2,1H3,(H,15,17)(H,18,19). The molecule has 0 spiro atoms. The molecule has 2 rings (SSSR count). The topological polar surface area (TPSA) is 69.6 Å². The smallest absolute Gasteiger partial charge is 0.337 e. The number of carbonyl (C=O) groups excluding carboxylic acids is 1. The van der Waals surface area contributed by atoms with Crippen molar-refractivity contribution in [1.82, 2.24) is 5.32 Å². The molecule has 0 radical (unpaired) electrons. The minimum Gasteiger partial charge on any atom is -0.478 e. The zero-order chi connectivity index (χ0) is 14.0. The molecule has 0 saturated carbocycles. The fourth-order valence-corrected chi connectivity index (χ4v) is 2.51. The van der Waals surface area contributed by atoms with Crippen molar-refractivity contribution >= 4 is 29.2 Å². The molecular formula is C13H15ClN2O3. The van der Waals surface area contributed by atoms with Crippen LogP contribution in [0.25, 0.3) is 0 Å². The van der Waals surface area contributed by atoms with E-state index in [-0.39, 0.29) is 17.5 Å². The summed E-state index contributed by atoms with van der Waals surface area (Å²) in [5.74, 6) is -1.11. The highest BCUT2D eigenvalue weighted by Gasteiger charge is 2.30. The number of nitrogens with one attached hydrogen (secondary N) is 1. The van der Waals surface area contributed by atoms with Gasteiger partial charge in [-0.3, -0.25) is 4.79 Å². The van der Waals surface area contributed by atoms with E-state index in [2.05, 4.69) is 5.32 Å². The Labute approximate surface area is 116 Å². The third kappa shape index (κ3) is 2.66. The maximum absolute atomic E-state index is 11.8. The monoisotopic (exact) mass is 282 g/mol. The predicted octanol–water partition coefficient (Wildman–Crippen LogP) is 1.75. The Morgan fingerprint density at radius 2 is 2.32 bits per heavy atom. The molecule has 0 bridgehead atoms. The third-order valence-corrected chi connectivity index (χ3v) is 3.45. The molecule has 1 saturated heterocycles. The number of carbonyl (C=O) groups is 2. The van der Waals surface area contributed by atoms with Crippen LogP contribution in [-0.4, -0.2) is 36.1 Å². The van der Waals surface area contributed by atoms with Gasteiger partial charge in [0.2, 0.25) is 5.91 Å². The Hall–Kier alpha value is -1.75. The van der Waals surface area contributed by atoms with Gasteiger partial charge in [0.1, 0.15) is 6.04 Å². The number of piperazine rings is 1. The molecule has 1 unspecified atom stereocenters. The van der Waals surface area contributed by atoms with Gasteiger partial charge in [-0.2, -0.15) is 0 Å². The number of hydrogen-bond donors (Lipinski definition) is 2. The number of anilines is 1. The van der Waals surface area contributed by atoms with Crippen LogP contribution < -0.4 is 10.2 Å². The quantitative estimate of drug-likeness (QED) is 0.886. The number of benzene rings is 1. The zero-order valence-electron chi connectivity index (χ0n) is 10.5. The van der Waals surface area contributed by atoms with Crippen LogP contribution in [-0.2, 0) is 4.79 Å². The van der Waals surface area contributed by atoms with E-state index in [0.717, 1.165) is 0 Å². The van der Waals surface area contributed by atoms with Crippen molar-refractivity contribution < 1.29 is 14.7 Å². The lowest BCUT2D eigenvalue weighted by molar-refractivity contribution is -0.123. The minimum atomic E-state index is -1.04. The third-order valence-electron chi connectivity index (χ3n) is 3.22. The Kier molecular flexibility index (Phi) is 3.95. The lowest BCUT2D eigenvalue weighted by atomic mass is 10.1. The molecule has 1 amide bonds. The molecule has 1 aromatic rings. The van der Waals surface area contributed by atoms with Gasteiger partial charge in [0.25, 0.3) is 0 Å². The van der Waals surface area contributed by atoms with E-state index in [0.29, 0.717) is 30.2 Å². The van der Waals surface area contributed by atoms with E-state index < -0.39 is 5.97 Å². The number of carboxylic acid groups (broad SMARTS) is 1. The van der Waals surface area contributed by atoms with Gasteiger partial charge in [-0.15, -0.1) is 0 Å².